The van der Waals surface area contributed by atoms with Gasteiger partial charge in [-0.25, -0.2) is 0 Å². The number of nitrogens with zero attached hydrogens (tertiary/aromatic N) is 2. The third kappa shape index (κ3) is 5.32. The molecule has 2 aromatic rings. The molecule has 1 aliphatic heterocycles. The SMILES string of the molecule is COc1cc(C(=O)N2CCN(C(=O)CCc3ccc(OC)c(OC)c3OC)CC2)ccc1C. The van der Waals surface area contributed by atoms with Crippen molar-refractivity contribution in [1.29, 1.82) is 0 Å². The van der Waals surface area contributed by atoms with Crippen LogP contribution in [0, 0.1) is 6.92 Å². The summed E-state index contributed by atoms with van der Waals surface area (Å²) in [4.78, 5) is 29.3. The van der Waals surface area contributed by atoms with Crippen molar-refractivity contribution in [3.05, 3.63) is 47.0 Å². The van der Waals surface area contributed by atoms with Gasteiger partial charge in [0.15, 0.2) is 11.5 Å². The largest absolute Gasteiger partial charge is 0.496 e. The van der Waals surface area contributed by atoms with Crippen LogP contribution in [0.15, 0.2) is 30.3 Å². The second-order valence-electron chi connectivity index (χ2n) is 7.85. The van der Waals surface area contributed by atoms with Crippen molar-refractivity contribution in [3.8, 4) is 23.0 Å². The summed E-state index contributed by atoms with van der Waals surface area (Å²) < 4.78 is 21.6. The lowest BCUT2D eigenvalue weighted by molar-refractivity contribution is -0.132. The van der Waals surface area contributed by atoms with E-state index in [1.807, 2.05) is 36.1 Å². The van der Waals surface area contributed by atoms with E-state index < -0.39 is 0 Å². The number of hydrogen-bond acceptors (Lipinski definition) is 6. The number of ether oxygens (including phenoxy) is 4. The van der Waals surface area contributed by atoms with Gasteiger partial charge in [0.1, 0.15) is 5.75 Å². The number of methoxy groups -OCH3 is 4. The van der Waals surface area contributed by atoms with Gasteiger partial charge in [-0.3, -0.25) is 9.59 Å². The van der Waals surface area contributed by atoms with Crippen LogP contribution in [0.5, 0.6) is 23.0 Å². The molecule has 0 spiro atoms. The standard InChI is InChI=1S/C25H32N2O6/c1-17-6-7-19(16-21(17)31-3)25(29)27-14-12-26(13-15-27)22(28)11-9-18-8-10-20(30-2)24(33-5)23(18)32-4/h6-8,10,16H,9,11-15H2,1-5H3. The maximum Gasteiger partial charge on any atom is 0.254 e. The number of carbonyl (C=O) groups is 2. The minimum atomic E-state index is -0.0459. The summed E-state index contributed by atoms with van der Waals surface area (Å²) in [5.74, 6) is 2.38. The number of aryl methyl sites for hydroxylation is 2. The number of hydrogen-bond donors (Lipinski definition) is 0. The molecule has 33 heavy (non-hydrogen) atoms. The lowest BCUT2D eigenvalue weighted by Gasteiger charge is -2.35. The Kier molecular flexibility index (Phi) is 8.03. The predicted octanol–water partition coefficient (Wildman–Crippen LogP) is 2.95. The molecule has 0 bridgehead atoms. The summed E-state index contributed by atoms with van der Waals surface area (Å²) >= 11 is 0. The summed E-state index contributed by atoms with van der Waals surface area (Å²) in [5.41, 5.74) is 2.46. The van der Waals surface area contributed by atoms with E-state index in [1.54, 1.807) is 39.4 Å². The van der Waals surface area contributed by atoms with Crippen molar-refractivity contribution in [3.63, 3.8) is 0 Å². The fraction of sp³-hybridized carbons (Fsp3) is 0.440. The van der Waals surface area contributed by atoms with Crippen molar-refractivity contribution in [1.82, 2.24) is 9.80 Å². The molecule has 0 saturated carbocycles. The number of benzene rings is 2. The summed E-state index contributed by atoms with van der Waals surface area (Å²) in [6.45, 7) is 3.96. The molecule has 0 unspecified atom stereocenters. The van der Waals surface area contributed by atoms with Crippen LogP contribution in [0.4, 0.5) is 0 Å². The van der Waals surface area contributed by atoms with Crippen molar-refractivity contribution in [2.24, 2.45) is 0 Å². The molecule has 1 heterocycles. The Morgan fingerprint density at radius 2 is 1.42 bits per heavy atom. The van der Waals surface area contributed by atoms with E-state index in [0.717, 1.165) is 11.1 Å². The molecular weight excluding hydrogens is 424 g/mol. The fourth-order valence-corrected chi connectivity index (χ4v) is 4.05. The first-order chi connectivity index (χ1) is 15.9. The zero-order chi connectivity index (χ0) is 24.0. The topological polar surface area (TPSA) is 77.5 Å². The number of rotatable bonds is 8. The van der Waals surface area contributed by atoms with Crippen LogP contribution in [0.25, 0.3) is 0 Å². The fourth-order valence-electron chi connectivity index (χ4n) is 4.05. The Labute approximate surface area is 195 Å². The zero-order valence-electron chi connectivity index (χ0n) is 20.0. The van der Waals surface area contributed by atoms with Gasteiger partial charge in [-0.1, -0.05) is 12.1 Å². The lowest BCUT2D eigenvalue weighted by Crippen LogP contribution is -2.50. The number of amides is 2. The van der Waals surface area contributed by atoms with E-state index in [4.69, 9.17) is 18.9 Å². The predicted molar refractivity (Wildman–Crippen MR) is 125 cm³/mol. The zero-order valence-corrected chi connectivity index (χ0v) is 20.0. The Bertz CT molecular complexity index is 999. The Morgan fingerprint density at radius 3 is 2.03 bits per heavy atom. The molecule has 1 aliphatic rings. The Balaban J connectivity index is 1.57. The average Bonchev–Trinajstić information content (AvgIpc) is 2.86. The maximum atomic E-state index is 12.9. The molecule has 1 saturated heterocycles. The highest BCUT2D eigenvalue weighted by Gasteiger charge is 2.25. The molecule has 0 atom stereocenters. The van der Waals surface area contributed by atoms with Gasteiger partial charge in [-0.15, -0.1) is 0 Å². The molecule has 2 aromatic carbocycles. The van der Waals surface area contributed by atoms with Gasteiger partial charge in [0, 0.05) is 38.2 Å². The van der Waals surface area contributed by atoms with E-state index in [-0.39, 0.29) is 11.8 Å². The molecule has 0 N–H and O–H groups in total. The highest BCUT2D eigenvalue weighted by atomic mass is 16.5. The molecule has 0 aliphatic carbocycles. The van der Waals surface area contributed by atoms with Gasteiger partial charge in [0.25, 0.3) is 5.91 Å². The second-order valence-corrected chi connectivity index (χ2v) is 7.85. The number of carbonyl (C=O) groups excluding carboxylic acids is 2. The van der Waals surface area contributed by atoms with Crippen LogP contribution < -0.4 is 18.9 Å². The molecular formula is C25H32N2O6. The molecule has 2 amide bonds. The van der Waals surface area contributed by atoms with Crippen molar-refractivity contribution >= 4 is 11.8 Å². The van der Waals surface area contributed by atoms with Crippen molar-refractivity contribution < 1.29 is 28.5 Å². The molecule has 8 nitrogen and oxygen atoms in total. The molecule has 0 radical (unpaired) electrons. The van der Waals surface area contributed by atoms with Crippen molar-refractivity contribution in [2.45, 2.75) is 19.8 Å². The lowest BCUT2D eigenvalue weighted by atomic mass is 10.1. The van der Waals surface area contributed by atoms with Crippen molar-refractivity contribution in [2.75, 3.05) is 54.6 Å². The monoisotopic (exact) mass is 456 g/mol. The quantitative estimate of drug-likeness (QED) is 0.608. The van der Waals surface area contributed by atoms with Gasteiger partial charge in [-0.2, -0.15) is 0 Å². The van der Waals surface area contributed by atoms with Gasteiger partial charge in [0.2, 0.25) is 11.7 Å². The van der Waals surface area contributed by atoms with Crippen LogP contribution in [0.3, 0.4) is 0 Å². The van der Waals surface area contributed by atoms with E-state index in [0.29, 0.717) is 67.6 Å². The molecule has 178 valence electrons. The summed E-state index contributed by atoms with van der Waals surface area (Å²) in [6, 6.07) is 9.17. The minimum Gasteiger partial charge on any atom is -0.496 e. The Morgan fingerprint density at radius 1 is 0.788 bits per heavy atom. The molecule has 1 fully saturated rings. The Hall–Kier alpha value is -3.42. The highest BCUT2D eigenvalue weighted by Crippen LogP contribution is 2.40. The van der Waals surface area contributed by atoms with Gasteiger partial charge >= 0.3 is 0 Å². The number of piperazine rings is 1. The van der Waals surface area contributed by atoms with E-state index >= 15 is 0 Å². The second kappa shape index (κ2) is 10.9. The van der Waals surface area contributed by atoms with Gasteiger partial charge in [-0.05, 0) is 42.7 Å². The van der Waals surface area contributed by atoms with Crippen LogP contribution in [0.2, 0.25) is 0 Å². The van der Waals surface area contributed by atoms with Gasteiger partial charge < -0.3 is 28.7 Å². The molecule has 8 heteroatoms. The maximum absolute atomic E-state index is 12.9. The van der Waals surface area contributed by atoms with E-state index in [1.165, 1.54) is 0 Å². The highest BCUT2D eigenvalue weighted by molar-refractivity contribution is 5.95. The normalized spacial score (nSPS) is 13.5. The first-order valence-corrected chi connectivity index (χ1v) is 10.9. The van der Waals surface area contributed by atoms with Crippen LogP contribution in [-0.2, 0) is 11.2 Å². The smallest absolute Gasteiger partial charge is 0.254 e. The summed E-state index contributed by atoms with van der Waals surface area (Å²) in [6.07, 6.45) is 0.861. The minimum absolute atomic E-state index is 0.0459. The molecule has 3 rings (SSSR count). The molecule has 0 aromatic heterocycles. The van der Waals surface area contributed by atoms with Crippen LogP contribution >= 0.6 is 0 Å². The third-order valence-corrected chi connectivity index (χ3v) is 5.97. The first-order valence-electron chi connectivity index (χ1n) is 10.9. The average molecular weight is 457 g/mol. The summed E-state index contributed by atoms with van der Waals surface area (Å²) in [7, 11) is 6.30. The van der Waals surface area contributed by atoms with E-state index in [9.17, 15) is 9.59 Å². The van der Waals surface area contributed by atoms with Crippen LogP contribution in [0.1, 0.15) is 27.9 Å². The van der Waals surface area contributed by atoms with Crippen LogP contribution in [-0.4, -0.2) is 76.2 Å². The van der Waals surface area contributed by atoms with Gasteiger partial charge in [0.05, 0.1) is 28.4 Å². The third-order valence-electron chi connectivity index (χ3n) is 5.97. The van der Waals surface area contributed by atoms with E-state index in [2.05, 4.69) is 0 Å². The first kappa shape index (κ1) is 24.2. The summed E-state index contributed by atoms with van der Waals surface area (Å²) in [5, 5.41) is 0.